The van der Waals surface area contributed by atoms with Gasteiger partial charge in [-0.1, -0.05) is 25.4 Å². The van der Waals surface area contributed by atoms with E-state index in [-0.39, 0.29) is 0 Å². The zero-order chi connectivity index (χ0) is 13.0. The van der Waals surface area contributed by atoms with Crippen LogP contribution in [-0.4, -0.2) is 17.6 Å². The van der Waals surface area contributed by atoms with Crippen molar-refractivity contribution in [2.45, 2.75) is 26.3 Å². The van der Waals surface area contributed by atoms with Gasteiger partial charge in [0.15, 0.2) is 11.7 Å². The lowest BCUT2D eigenvalue weighted by Gasteiger charge is -2.05. The first-order chi connectivity index (χ1) is 8.65. The Labute approximate surface area is 112 Å². The molecule has 0 saturated heterocycles. The van der Waals surface area contributed by atoms with Crippen LogP contribution < -0.4 is 5.32 Å². The Balaban J connectivity index is 1.99. The highest BCUT2D eigenvalue weighted by molar-refractivity contribution is 6.30. The number of rotatable bonds is 5. The van der Waals surface area contributed by atoms with E-state index in [1.54, 1.807) is 6.20 Å². The second-order valence-corrected chi connectivity index (χ2v) is 4.92. The van der Waals surface area contributed by atoms with Crippen molar-refractivity contribution in [2.75, 3.05) is 6.54 Å². The zero-order valence-corrected chi connectivity index (χ0v) is 11.4. The van der Waals surface area contributed by atoms with Gasteiger partial charge in [-0.15, -0.1) is 0 Å². The second kappa shape index (κ2) is 6.03. The highest BCUT2D eigenvalue weighted by Gasteiger charge is 2.06. The fourth-order valence-electron chi connectivity index (χ4n) is 1.64. The summed E-state index contributed by atoms with van der Waals surface area (Å²) in [6, 6.07) is 8.03. The molecule has 96 valence electrons. The molecular formula is C14H17ClN2O. The van der Waals surface area contributed by atoms with Crippen LogP contribution in [0.5, 0.6) is 0 Å². The predicted molar refractivity (Wildman–Crippen MR) is 73.8 cm³/mol. The Morgan fingerprint density at radius 3 is 2.67 bits per heavy atom. The fraction of sp³-hybridized carbons (Fsp3) is 0.357. The smallest absolute Gasteiger partial charge is 0.196 e. The van der Waals surface area contributed by atoms with Crippen LogP contribution in [-0.2, 0) is 6.42 Å². The molecule has 0 atom stereocenters. The van der Waals surface area contributed by atoms with E-state index in [0.717, 1.165) is 35.2 Å². The fourth-order valence-corrected chi connectivity index (χ4v) is 1.77. The third-order valence-electron chi connectivity index (χ3n) is 2.57. The van der Waals surface area contributed by atoms with E-state index in [4.69, 9.17) is 16.0 Å². The van der Waals surface area contributed by atoms with Crippen molar-refractivity contribution in [1.82, 2.24) is 10.3 Å². The molecule has 0 unspecified atom stereocenters. The molecule has 1 N–H and O–H groups in total. The van der Waals surface area contributed by atoms with E-state index in [1.165, 1.54) is 0 Å². The molecule has 1 aromatic carbocycles. The molecule has 4 heteroatoms. The van der Waals surface area contributed by atoms with E-state index in [9.17, 15) is 0 Å². The van der Waals surface area contributed by atoms with Crippen LogP contribution in [0.3, 0.4) is 0 Å². The quantitative estimate of drug-likeness (QED) is 0.898. The van der Waals surface area contributed by atoms with Gasteiger partial charge in [0.2, 0.25) is 0 Å². The number of hydrogen-bond donors (Lipinski definition) is 1. The molecule has 0 bridgehead atoms. The minimum atomic E-state index is 0.482. The summed E-state index contributed by atoms with van der Waals surface area (Å²) < 4.78 is 5.70. The number of oxazole rings is 1. The van der Waals surface area contributed by atoms with Crippen LogP contribution in [0.25, 0.3) is 11.3 Å². The van der Waals surface area contributed by atoms with Crippen LogP contribution in [0.1, 0.15) is 19.7 Å². The van der Waals surface area contributed by atoms with Gasteiger partial charge < -0.3 is 9.73 Å². The third kappa shape index (κ3) is 3.59. The number of nitrogens with one attached hydrogen (secondary N) is 1. The molecule has 0 spiro atoms. The summed E-state index contributed by atoms with van der Waals surface area (Å²) in [6.07, 6.45) is 2.56. The summed E-state index contributed by atoms with van der Waals surface area (Å²) in [4.78, 5) is 4.27. The predicted octanol–water partition coefficient (Wildman–Crippen LogP) is 3.54. The summed E-state index contributed by atoms with van der Waals surface area (Å²) >= 11 is 5.85. The average Bonchev–Trinajstić information content (AvgIpc) is 2.78. The van der Waals surface area contributed by atoms with Crippen molar-refractivity contribution in [3.05, 3.63) is 41.4 Å². The van der Waals surface area contributed by atoms with E-state index < -0.39 is 0 Å². The van der Waals surface area contributed by atoms with Crippen molar-refractivity contribution in [3.63, 3.8) is 0 Å². The highest BCUT2D eigenvalue weighted by atomic mass is 35.5. The maximum absolute atomic E-state index is 5.85. The molecule has 3 nitrogen and oxygen atoms in total. The normalized spacial score (nSPS) is 11.1. The van der Waals surface area contributed by atoms with Gasteiger partial charge in [0.1, 0.15) is 0 Å². The monoisotopic (exact) mass is 264 g/mol. The van der Waals surface area contributed by atoms with Gasteiger partial charge in [-0.05, 0) is 24.3 Å². The van der Waals surface area contributed by atoms with Crippen molar-refractivity contribution in [1.29, 1.82) is 0 Å². The van der Waals surface area contributed by atoms with Gasteiger partial charge in [0, 0.05) is 29.6 Å². The van der Waals surface area contributed by atoms with Gasteiger partial charge in [0.25, 0.3) is 0 Å². The molecule has 0 saturated carbocycles. The van der Waals surface area contributed by atoms with E-state index in [2.05, 4.69) is 24.1 Å². The van der Waals surface area contributed by atoms with Crippen molar-refractivity contribution in [2.24, 2.45) is 0 Å². The molecule has 0 aliphatic carbocycles. The molecule has 0 fully saturated rings. The Bertz CT molecular complexity index is 491. The molecule has 2 aromatic rings. The van der Waals surface area contributed by atoms with E-state index >= 15 is 0 Å². The molecule has 0 aliphatic heterocycles. The topological polar surface area (TPSA) is 38.1 Å². The first kappa shape index (κ1) is 13.1. The largest absolute Gasteiger partial charge is 0.441 e. The summed E-state index contributed by atoms with van der Waals surface area (Å²) in [6.45, 7) is 5.11. The molecule has 0 radical (unpaired) electrons. The van der Waals surface area contributed by atoms with Crippen LogP contribution in [0, 0.1) is 0 Å². The molecule has 0 aliphatic rings. The molecular weight excluding hydrogens is 248 g/mol. The van der Waals surface area contributed by atoms with Crippen molar-refractivity contribution >= 4 is 11.6 Å². The molecule has 1 heterocycles. The first-order valence-corrected chi connectivity index (χ1v) is 6.47. The third-order valence-corrected chi connectivity index (χ3v) is 2.83. The minimum absolute atomic E-state index is 0.482. The van der Waals surface area contributed by atoms with Crippen LogP contribution in [0.15, 0.2) is 34.9 Å². The van der Waals surface area contributed by atoms with Gasteiger partial charge in [-0.2, -0.15) is 0 Å². The van der Waals surface area contributed by atoms with Gasteiger partial charge in [-0.25, -0.2) is 4.98 Å². The second-order valence-electron chi connectivity index (χ2n) is 4.48. The first-order valence-electron chi connectivity index (χ1n) is 6.09. The van der Waals surface area contributed by atoms with Crippen molar-refractivity contribution < 1.29 is 4.42 Å². The Kier molecular flexibility index (Phi) is 4.39. The summed E-state index contributed by atoms with van der Waals surface area (Å²) in [7, 11) is 0. The van der Waals surface area contributed by atoms with E-state index in [0.29, 0.717) is 6.04 Å². The Morgan fingerprint density at radius 2 is 2.00 bits per heavy atom. The van der Waals surface area contributed by atoms with Crippen LogP contribution >= 0.6 is 11.6 Å². The summed E-state index contributed by atoms with van der Waals surface area (Å²) in [5, 5.41) is 4.05. The standard InChI is InChI=1S/C14H17ClN2O/c1-10(2)16-8-7-14-17-9-13(18-14)11-3-5-12(15)6-4-11/h3-6,9-10,16H,7-8H2,1-2H3. The van der Waals surface area contributed by atoms with Crippen LogP contribution in [0.2, 0.25) is 5.02 Å². The SMILES string of the molecule is CC(C)NCCc1ncc(-c2ccc(Cl)cc2)o1. The lowest BCUT2D eigenvalue weighted by molar-refractivity contribution is 0.484. The molecule has 2 rings (SSSR count). The zero-order valence-electron chi connectivity index (χ0n) is 10.6. The van der Waals surface area contributed by atoms with Gasteiger partial charge in [0.05, 0.1) is 6.20 Å². The maximum atomic E-state index is 5.85. The van der Waals surface area contributed by atoms with Gasteiger partial charge in [-0.3, -0.25) is 0 Å². The lowest BCUT2D eigenvalue weighted by Crippen LogP contribution is -2.24. The lowest BCUT2D eigenvalue weighted by atomic mass is 10.2. The Morgan fingerprint density at radius 1 is 1.28 bits per heavy atom. The summed E-state index contributed by atoms with van der Waals surface area (Å²) in [5.41, 5.74) is 0.995. The van der Waals surface area contributed by atoms with Crippen LogP contribution in [0.4, 0.5) is 0 Å². The number of halogens is 1. The highest BCUT2D eigenvalue weighted by Crippen LogP contribution is 2.22. The number of benzene rings is 1. The van der Waals surface area contributed by atoms with Gasteiger partial charge >= 0.3 is 0 Å². The molecule has 0 amide bonds. The van der Waals surface area contributed by atoms with Crippen molar-refractivity contribution in [3.8, 4) is 11.3 Å². The molecule has 1 aromatic heterocycles. The number of nitrogens with zero attached hydrogens (tertiary/aromatic N) is 1. The maximum Gasteiger partial charge on any atom is 0.196 e. The molecule has 18 heavy (non-hydrogen) atoms. The number of hydrogen-bond acceptors (Lipinski definition) is 3. The van der Waals surface area contributed by atoms with E-state index in [1.807, 2.05) is 24.3 Å². The average molecular weight is 265 g/mol. The Hall–Kier alpha value is -1.32. The number of aromatic nitrogens is 1. The minimum Gasteiger partial charge on any atom is -0.441 e. The summed E-state index contributed by atoms with van der Waals surface area (Å²) in [5.74, 6) is 1.54.